The van der Waals surface area contributed by atoms with E-state index >= 15 is 0 Å². The topological polar surface area (TPSA) is 79.2 Å². The molecule has 2 aliphatic rings. The van der Waals surface area contributed by atoms with Crippen LogP contribution in [0.25, 0.3) is 0 Å². The van der Waals surface area contributed by atoms with Crippen molar-refractivity contribution in [2.24, 2.45) is 5.92 Å². The zero-order valence-corrected chi connectivity index (χ0v) is 18.2. The number of piperazine rings is 1. The zero-order chi connectivity index (χ0) is 21.0. The number of carbonyl (C=O) groups is 2. The Labute approximate surface area is 173 Å². The van der Waals surface area contributed by atoms with Gasteiger partial charge in [0, 0.05) is 18.2 Å². The highest BCUT2D eigenvalue weighted by Crippen LogP contribution is 2.19. The monoisotopic (exact) mass is 422 g/mol. The first kappa shape index (κ1) is 21.8. The Morgan fingerprint density at radius 1 is 1.17 bits per heavy atom. The SMILES string of the molecule is CC(C)CN(C(=O)C[NH+]1CCN(C(=O)c2ccccc2)CC1)[C@H]1CCS(=O)(=O)C1. The molecule has 1 N–H and O–H groups in total. The minimum atomic E-state index is -3.03. The van der Waals surface area contributed by atoms with E-state index in [-0.39, 0.29) is 35.3 Å². The van der Waals surface area contributed by atoms with Gasteiger partial charge in [-0.15, -0.1) is 0 Å². The average Bonchev–Trinajstić information content (AvgIpc) is 3.06. The van der Waals surface area contributed by atoms with E-state index < -0.39 is 9.84 Å². The molecule has 2 aliphatic heterocycles. The van der Waals surface area contributed by atoms with Crippen molar-refractivity contribution in [3.8, 4) is 0 Å². The molecule has 3 rings (SSSR count). The second-order valence-corrected chi connectivity index (χ2v) is 10.8. The van der Waals surface area contributed by atoms with E-state index in [0.29, 0.717) is 38.2 Å². The summed E-state index contributed by atoms with van der Waals surface area (Å²) in [5, 5.41) is 0. The lowest BCUT2D eigenvalue weighted by Crippen LogP contribution is -3.15. The van der Waals surface area contributed by atoms with Crippen molar-refractivity contribution in [1.82, 2.24) is 9.80 Å². The second kappa shape index (κ2) is 9.26. The molecule has 2 heterocycles. The molecule has 0 saturated carbocycles. The number of quaternary nitrogens is 1. The van der Waals surface area contributed by atoms with Crippen LogP contribution in [0.1, 0.15) is 30.6 Å². The van der Waals surface area contributed by atoms with Crippen LogP contribution in [0.3, 0.4) is 0 Å². The first-order chi connectivity index (χ1) is 13.7. The fourth-order valence-corrected chi connectivity index (χ4v) is 5.88. The summed E-state index contributed by atoms with van der Waals surface area (Å²) in [6.07, 6.45) is 0.537. The van der Waals surface area contributed by atoms with E-state index in [2.05, 4.69) is 0 Å². The highest BCUT2D eigenvalue weighted by Gasteiger charge is 2.36. The lowest BCUT2D eigenvalue weighted by Gasteiger charge is -2.35. The Bertz CT molecular complexity index is 818. The van der Waals surface area contributed by atoms with Gasteiger partial charge in [0.1, 0.15) is 0 Å². The van der Waals surface area contributed by atoms with Crippen molar-refractivity contribution >= 4 is 21.7 Å². The Morgan fingerprint density at radius 3 is 2.38 bits per heavy atom. The number of nitrogens with zero attached hydrogens (tertiary/aromatic N) is 2. The van der Waals surface area contributed by atoms with Crippen molar-refractivity contribution in [1.29, 1.82) is 0 Å². The van der Waals surface area contributed by atoms with Crippen molar-refractivity contribution in [3.63, 3.8) is 0 Å². The lowest BCUT2D eigenvalue weighted by atomic mass is 10.1. The first-order valence-electron chi connectivity index (χ1n) is 10.4. The molecule has 2 amide bonds. The van der Waals surface area contributed by atoms with Gasteiger partial charge in [-0.05, 0) is 24.5 Å². The van der Waals surface area contributed by atoms with Gasteiger partial charge in [0.25, 0.3) is 11.8 Å². The maximum atomic E-state index is 13.0. The van der Waals surface area contributed by atoms with Gasteiger partial charge in [-0.1, -0.05) is 32.0 Å². The van der Waals surface area contributed by atoms with Gasteiger partial charge in [0.05, 0.1) is 37.7 Å². The van der Waals surface area contributed by atoms with Gasteiger partial charge in [-0.3, -0.25) is 9.59 Å². The molecule has 0 unspecified atom stereocenters. The third-order valence-corrected chi connectivity index (χ3v) is 7.46. The highest BCUT2D eigenvalue weighted by atomic mass is 32.2. The summed E-state index contributed by atoms with van der Waals surface area (Å²) in [4.78, 5) is 30.4. The van der Waals surface area contributed by atoms with Crippen LogP contribution in [-0.4, -0.2) is 86.8 Å². The van der Waals surface area contributed by atoms with Gasteiger partial charge in [-0.2, -0.15) is 0 Å². The van der Waals surface area contributed by atoms with Crippen LogP contribution in [-0.2, 0) is 14.6 Å². The van der Waals surface area contributed by atoms with Crippen LogP contribution in [0.4, 0.5) is 0 Å². The van der Waals surface area contributed by atoms with E-state index in [9.17, 15) is 18.0 Å². The number of amides is 2. The maximum absolute atomic E-state index is 13.0. The molecule has 0 bridgehead atoms. The van der Waals surface area contributed by atoms with Crippen molar-refractivity contribution < 1.29 is 22.9 Å². The Kier molecular flexibility index (Phi) is 6.95. The van der Waals surface area contributed by atoms with Gasteiger partial charge in [0.2, 0.25) is 0 Å². The quantitative estimate of drug-likeness (QED) is 0.683. The van der Waals surface area contributed by atoms with E-state index in [0.717, 1.165) is 18.0 Å². The van der Waals surface area contributed by atoms with Crippen molar-refractivity contribution in [3.05, 3.63) is 35.9 Å². The molecular formula is C21H32N3O4S+. The summed E-state index contributed by atoms with van der Waals surface area (Å²) >= 11 is 0. The summed E-state index contributed by atoms with van der Waals surface area (Å²) < 4.78 is 23.8. The van der Waals surface area contributed by atoms with Crippen molar-refractivity contribution in [2.75, 3.05) is 50.8 Å². The molecule has 0 aromatic heterocycles. The molecule has 7 nitrogen and oxygen atoms in total. The summed E-state index contributed by atoms with van der Waals surface area (Å²) in [5.74, 6) is 0.608. The molecule has 0 aliphatic carbocycles. The van der Waals surface area contributed by atoms with E-state index in [1.165, 1.54) is 0 Å². The third-order valence-electron chi connectivity index (χ3n) is 5.71. The number of carbonyl (C=O) groups excluding carboxylic acids is 2. The van der Waals surface area contributed by atoms with Crippen LogP contribution in [0.5, 0.6) is 0 Å². The molecule has 2 saturated heterocycles. The molecule has 1 atom stereocenters. The fourth-order valence-electron chi connectivity index (χ4n) is 4.15. The maximum Gasteiger partial charge on any atom is 0.278 e. The summed E-state index contributed by atoms with van der Waals surface area (Å²) in [6, 6.07) is 9.06. The molecule has 8 heteroatoms. The predicted octanol–water partition coefficient (Wildman–Crippen LogP) is -0.301. The fraction of sp³-hybridized carbons (Fsp3) is 0.619. The molecule has 2 fully saturated rings. The summed E-state index contributed by atoms with van der Waals surface area (Å²) in [6.45, 7) is 7.74. The van der Waals surface area contributed by atoms with E-state index in [4.69, 9.17) is 0 Å². The normalized spacial score (nSPS) is 22.0. The van der Waals surface area contributed by atoms with Crippen LogP contribution in [0, 0.1) is 5.92 Å². The Morgan fingerprint density at radius 2 is 1.83 bits per heavy atom. The standard InChI is InChI=1S/C21H31N3O4S/c1-17(2)14-24(19-8-13-29(27,28)16-19)20(25)15-22-9-11-23(12-10-22)21(26)18-6-4-3-5-7-18/h3-7,17,19H,8-16H2,1-2H3/p+1/t19-/m0/s1. The van der Waals surface area contributed by atoms with Crippen molar-refractivity contribution in [2.45, 2.75) is 26.3 Å². The van der Waals surface area contributed by atoms with Gasteiger partial charge in [-0.25, -0.2) is 8.42 Å². The number of benzene rings is 1. The molecule has 29 heavy (non-hydrogen) atoms. The largest absolute Gasteiger partial charge is 0.334 e. The summed E-state index contributed by atoms with van der Waals surface area (Å²) in [5.41, 5.74) is 0.692. The van der Waals surface area contributed by atoms with Crippen LogP contribution in [0.15, 0.2) is 30.3 Å². The number of hydrogen-bond acceptors (Lipinski definition) is 4. The minimum absolute atomic E-state index is 0.0265. The molecular weight excluding hydrogens is 390 g/mol. The van der Waals surface area contributed by atoms with Crippen LogP contribution >= 0.6 is 0 Å². The molecule has 0 spiro atoms. The Balaban J connectivity index is 1.55. The highest BCUT2D eigenvalue weighted by molar-refractivity contribution is 7.91. The van der Waals surface area contributed by atoms with E-state index in [1.54, 1.807) is 4.90 Å². The third kappa shape index (κ3) is 5.79. The predicted molar refractivity (Wildman–Crippen MR) is 112 cm³/mol. The lowest BCUT2D eigenvalue weighted by molar-refractivity contribution is -0.896. The van der Waals surface area contributed by atoms with Gasteiger partial charge in [0.15, 0.2) is 16.4 Å². The molecule has 160 valence electrons. The van der Waals surface area contributed by atoms with Crippen LogP contribution in [0.2, 0.25) is 0 Å². The average molecular weight is 423 g/mol. The van der Waals surface area contributed by atoms with E-state index in [1.807, 2.05) is 49.1 Å². The summed E-state index contributed by atoms with van der Waals surface area (Å²) in [7, 11) is -3.03. The van der Waals surface area contributed by atoms with Crippen LogP contribution < -0.4 is 4.90 Å². The number of hydrogen-bond donors (Lipinski definition) is 1. The first-order valence-corrected chi connectivity index (χ1v) is 12.2. The zero-order valence-electron chi connectivity index (χ0n) is 17.3. The number of nitrogens with one attached hydrogen (secondary N) is 1. The van der Waals surface area contributed by atoms with Gasteiger partial charge < -0.3 is 14.7 Å². The second-order valence-electron chi connectivity index (χ2n) is 8.58. The van der Waals surface area contributed by atoms with Gasteiger partial charge >= 0.3 is 0 Å². The number of rotatable bonds is 6. The number of sulfone groups is 1. The smallest absolute Gasteiger partial charge is 0.278 e. The molecule has 1 aromatic rings. The molecule has 0 radical (unpaired) electrons. The minimum Gasteiger partial charge on any atom is -0.334 e. The molecule has 1 aromatic carbocycles. The Hall–Kier alpha value is -1.93.